The lowest BCUT2D eigenvalue weighted by Gasteiger charge is -2.24. The highest BCUT2D eigenvalue weighted by molar-refractivity contribution is 5.76. The predicted octanol–water partition coefficient (Wildman–Crippen LogP) is 3.90. The van der Waals surface area contributed by atoms with Crippen molar-refractivity contribution in [3.63, 3.8) is 0 Å². The van der Waals surface area contributed by atoms with Crippen molar-refractivity contribution in [2.75, 3.05) is 18.0 Å². The molecule has 0 aliphatic carbocycles. The molecule has 1 saturated heterocycles. The number of benzene rings is 1. The van der Waals surface area contributed by atoms with Crippen LogP contribution in [0.2, 0.25) is 0 Å². The van der Waals surface area contributed by atoms with Crippen molar-refractivity contribution in [2.24, 2.45) is 11.8 Å². The minimum Gasteiger partial charge on any atom is -0.369 e. The third kappa shape index (κ3) is 3.34. The molecular weight excluding hydrogens is 241 g/mol. The van der Waals surface area contributed by atoms with Crippen molar-refractivity contribution in [1.82, 2.24) is 0 Å². The molecule has 19 heavy (non-hydrogen) atoms. The fourth-order valence-electron chi connectivity index (χ4n) is 2.88. The van der Waals surface area contributed by atoms with Gasteiger partial charge in [0.05, 0.1) is 5.69 Å². The molecule has 2 rings (SSSR count). The van der Waals surface area contributed by atoms with Gasteiger partial charge in [-0.1, -0.05) is 13.8 Å². The standard InChI is InChI=1S/C16H22FNO/c1-12(2)14-4-3-8-18(9-7-14)16-6-5-13(11-19)10-15(16)17/h5-6,10-12,14H,3-4,7-9H2,1-2H3. The molecule has 3 heteroatoms. The molecule has 1 unspecified atom stereocenters. The molecule has 2 nitrogen and oxygen atoms in total. The van der Waals surface area contributed by atoms with Gasteiger partial charge in [-0.25, -0.2) is 4.39 Å². The Balaban J connectivity index is 2.12. The van der Waals surface area contributed by atoms with Crippen molar-refractivity contribution in [1.29, 1.82) is 0 Å². The molecular formula is C16H22FNO. The van der Waals surface area contributed by atoms with Crippen LogP contribution in [0.15, 0.2) is 18.2 Å². The summed E-state index contributed by atoms with van der Waals surface area (Å²) in [5.41, 5.74) is 1.03. The van der Waals surface area contributed by atoms with Gasteiger partial charge in [0.2, 0.25) is 0 Å². The summed E-state index contributed by atoms with van der Waals surface area (Å²) < 4.78 is 14.0. The van der Waals surface area contributed by atoms with Gasteiger partial charge in [0.15, 0.2) is 0 Å². The van der Waals surface area contributed by atoms with Gasteiger partial charge in [-0.2, -0.15) is 0 Å². The summed E-state index contributed by atoms with van der Waals surface area (Å²) in [6, 6.07) is 4.75. The van der Waals surface area contributed by atoms with Crippen LogP contribution in [0, 0.1) is 17.7 Å². The molecule has 1 aromatic rings. The Hall–Kier alpha value is -1.38. The Morgan fingerprint density at radius 3 is 2.74 bits per heavy atom. The predicted molar refractivity (Wildman–Crippen MR) is 76.2 cm³/mol. The van der Waals surface area contributed by atoms with Crippen molar-refractivity contribution < 1.29 is 9.18 Å². The monoisotopic (exact) mass is 263 g/mol. The van der Waals surface area contributed by atoms with Crippen molar-refractivity contribution in [3.8, 4) is 0 Å². The normalized spacial score (nSPS) is 20.4. The zero-order valence-corrected chi connectivity index (χ0v) is 11.7. The lowest BCUT2D eigenvalue weighted by molar-refractivity contribution is 0.112. The Labute approximate surface area is 114 Å². The molecule has 1 aliphatic heterocycles. The summed E-state index contributed by atoms with van der Waals surface area (Å²) in [7, 11) is 0. The Bertz CT molecular complexity index is 444. The highest BCUT2D eigenvalue weighted by Crippen LogP contribution is 2.28. The number of anilines is 1. The van der Waals surface area contributed by atoms with E-state index in [4.69, 9.17) is 0 Å². The number of hydrogen-bond donors (Lipinski definition) is 0. The average Bonchev–Trinajstić information content (AvgIpc) is 2.64. The Kier molecular flexibility index (Phi) is 4.56. The number of carbonyl (C=O) groups is 1. The third-order valence-corrected chi connectivity index (χ3v) is 4.16. The number of aldehydes is 1. The van der Waals surface area contributed by atoms with Crippen LogP contribution in [0.1, 0.15) is 43.5 Å². The lowest BCUT2D eigenvalue weighted by Crippen LogP contribution is -2.25. The van der Waals surface area contributed by atoms with E-state index in [1.807, 2.05) is 0 Å². The second kappa shape index (κ2) is 6.18. The van der Waals surface area contributed by atoms with Crippen LogP contribution in [0.4, 0.5) is 10.1 Å². The molecule has 1 aliphatic rings. The van der Waals surface area contributed by atoms with Crippen molar-refractivity contribution >= 4 is 12.0 Å². The molecule has 1 aromatic carbocycles. The number of rotatable bonds is 3. The maximum absolute atomic E-state index is 14.0. The zero-order valence-electron chi connectivity index (χ0n) is 11.7. The van der Waals surface area contributed by atoms with Gasteiger partial charge >= 0.3 is 0 Å². The smallest absolute Gasteiger partial charge is 0.150 e. The molecule has 0 saturated carbocycles. The molecule has 1 heterocycles. The van der Waals surface area contributed by atoms with E-state index in [-0.39, 0.29) is 5.82 Å². The summed E-state index contributed by atoms with van der Waals surface area (Å²) in [6.45, 7) is 6.33. The molecule has 0 radical (unpaired) electrons. The van der Waals surface area contributed by atoms with E-state index < -0.39 is 0 Å². The molecule has 0 amide bonds. The van der Waals surface area contributed by atoms with E-state index in [1.165, 1.54) is 12.5 Å². The largest absolute Gasteiger partial charge is 0.369 e. The zero-order chi connectivity index (χ0) is 13.8. The second-order valence-electron chi connectivity index (χ2n) is 5.75. The SMILES string of the molecule is CC(C)C1CCCN(c2ccc(C=O)cc2F)CC1. The van der Waals surface area contributed by atoms with E-state index in [1.54, 1.807) is 12.1 Å². The highest BCUT2D eigenvalue weighted by atomic mass is 19.1. The van der Waals surface area contributed by atoms with Crippen molar-refractivity contribution in [3.05, 3.63) is 29.6 Å². The molecule has 1 atom stereocenters. The minimum atomic E-state index is -0.285. The first kappa shape index (κ1) is 14.0. The number of halogens is 1. The third-order valence-electron chi connectivity index (χ3n) is 4.16. The summed E-state index contributed by atoms with van der Waals surface area (Å²) in [5, 5.41) is 0. The van der Waals surface area contributed by atoms with E-state index in [0.29, 0.717) is 23.5 Å². The van der Waals surface area contributed by atoms with Gasteiger partial charge in [0.1, 0.15) is 12.1 Å². The number of hydrogen-bond acceptors (Lipinski definition) is 2. The maximum atomic E-state index is 14.0. The van der Waals surface area contributed by atoms with Crippen molar-refractivity contribution in [2.45, 2.75) is 33.1 Å². The first-order valence-corrected chi connectivity index (χ1v) is 7.11. The minimum absolute atomic E-state index is 0.285. The second-order valence-corrected chi connectivity index (χ2v) is 5.75. The van der Waals surface area contributed by atoms with E-state index in [0.717, 1.165) is 31.8 Å². The summed E-state index contributed by atoms with van der Waals surface area (Å²) >= 11 is 0. The van der Waals surface area contributed by atoms with Crippen LogP contribution in [0.3, 0.4) is 0 Å². The molecule has 0 spiro atoms. The fraction of sp³-hybridized carbons (Fsp3) is 0.562. The number of carbonyl (C=O) groups excluding carboxylic acids is 1. The van der Waals surface area contributed by atoms with E-state index >= 15 is 0 Å². The van der Waals surface area contributed by atoms with Gasteiger partial charge in [-0.05, 0) is 49.3 Å². The fourth-order valence-corrected chi connectivity index (χ4v) is 2.88. The number of nitrogens with zero attached hydrogens (tertiary/aromatic N) is 1. The quantitative estimate of drug-likeness (QED) is 0.771. The molecule has 0 N–H and O–H groups in total. The summed E-state index contributed by atoms with van der Waals surface area (Å²) in [6.07, 6.45) is 4.14. The van der Waals surface area contributed by atoms with E-state index in [2.05, 4.69) is 18.7 Å². The van der Waals surface area contributed by atoms with Crippen LogP contribution in [0.25, 0.3) is 0 Å². The lowest BCUT2D eigenvalue weighted by atomic mass is 9.89. The average molecular weight is 263 g/mol. The van der Waals surface area contributed by atoms with Crippen LogP contribution in [-0.4, -0.2) is 19.4 Å². The van der Waals surface area contributed by atoms with E-state index in [9.17, 15) is 9.18 Å². The first-order chi connectivity index (χ1) is 9.11. The van der Waals surface area contributed by atoms with Crippen LogP contribution < -0.4 is 4.90 Å². The van der Waals surface area contributed by atoms with Crippen LogP contribution >= 0.6 is 0 Å². The topological polar surface area (TPSA) is 20.3 Å². The van der Waals surface area contributed by atoms with Crippen LogP contribution in [-0.2, 0) is 0 Å². The van der Waals surface area contributed by atoms with Gasteiger partial charge in [-0.15, -0.1) is 0 Å². The highest BCUT2D eigenvalue weighted by Gasteiger charge is 2.21. The molecule has 1 fully saturated rings. The Morgan fingerprint density at radius 1 is 1.32 bits per heavy atom. The van der Waals surface area contributed by atoms with Gasteiger partial charge in [0.25, 0.3) is 0 Å². The summed E-state index contributed by atoms with van der Waals surface area (Å²) in [4.78, 5) is 12.8. The van der Waals surface area contributed by atoms with Crippen LogP contribution in [0.5, 0.6) is 0 Å². The first-order valence-electron chi connectivity index (χ1n) is 7.11. The molecule has 0 bridgehead atoms. The molecule has 104 valence electrons. The van der Waals surface area contributed by atoms with Gasteiger partial charge in [0, 0.05) is 18.7 Å². The maximum Gasteiger partial charge on any atom is 0.150 e. The molecule has 0 aromatic heterocycles. The van der Waals surface area contributed by atoms with Gasteiger partial charge < -0.3 is 4.90 Å². The Morgan fingerprint density at radius 2 is 2.11 bits per heavy atom. The van der Waals surface area contributed by atoms with Gasteiger partial charge in [-0.3, -0.25) is 4.79 Å². The summed E-state index contributed by atoms with van der Waals surface area (Å²) in [5.74, 6) is 1.15.